The van der Waals surface area contributed by atoms with Gasteiger partial charge in [-0.25, -0.2) is 0 Å². The molecule has 0 saturated carbocycles. The maximum Gasteiger partial charge on any atom is 0.160 e. The van der Waals surface area contributed by atoms with Crippen LogP contribution < -0.4 is 9.80 Å². The van der Waals surface area contributed by atoms with E-state index >= 15 is 0 Å². The van der Waals surface area contributed by atoms with Gasteiger partial charge < -0.3 is 31.9 Å². The first-order valence-corrected chi connectivity index (χ1v) is 24.7. The molecule has 0 atom stereocenters. The Hall–Kier alpha value is -9.98. The number of fused-ring (bicyclic) bond motifs is 20. The molecule has 340 valence electrons. The topological polar surface area (TPSA) is 63.5 Å². The van der Waals surface area contributed by atoms with E-state index in [9.17, 15) is 0 Å². The van der Waals surface area contributed by atoms with Crippen LogP contribution in [0.3, 0.4) is 0 Å². The summed E-state index contributed by atoms with van der Waals surface area (Å²) in [4.78, 5) is 4.81. The van der Waals surface area contributed by atoms with Gasteiger partial charge in [-0.2, -0.15) is 0 Å². The first kappa shape index (κ1) is 38.8. The molecule has 0 saturated heterocycles. The molecule has 73 heavy (non-hydrogen) atoms. The zero-order valence-corrected chi connectivity index (χ0v) is 38.8. The van der Waals surface area contributed by atoms with Crippen LogP contribution in [0.5, 0.6) is 0 Å². The Morgan fingerprint density at radius 1 is 0.247 bits per heavy atom. The van der Waals surface area contributed by atoms with Crippen LogP contribution >= 0.6 is 0 Å². The van der Waals surface area contributed by atoms with Gasteiger partial charge in [0, 0.05) is 87.4 Å². The van der Waals surface area contributed by atoms with Crippen molar-refractivity contribution in [1.82, 2.24) is 4.40 Å². The number of hydrogen-bond acceptors (Lipinski definition) is 6. The molecule has 0 radical (unpaired) electrons. The second kappa shape index (κ2) is 14.3. The second-order valence-electron chi connectivity index (χ2n) is 19.1. The summed E-state index contributed by atoms with van der Waals surface area (Å²) in [6, 6.07) is 79.3. The molecule has 7 heteroatoms. The molecule has 6 aromatic heterocycles. The average Bonchev–Trinajstić information content (AvgIpc) is 4.31. The lowest BCUT2D eigenvalue weighted by Gasteiger charge is -2.27. The maximum absolute atomic E-state index is 7.17. The normalized spacial score (nSPS) is 12.4. The number of para-hydroxylation sites is 7. The SMILES string of the molecule is c1ccc(N(c2ccc3oc4ccccc4c3c2)c2cc3c4ccccc4oc3c3c2c2cccc4c5c(N(c6ccccc6)c6ccc7oc8ccccc8c7c6)cc6c7ccccc7oc6c5n3c24)cc1. The third-order valence-electron chi connectivity index (χ3n) is 15.2. The Morgan fingerprint density at radius 2 is 0.603 bits per heavy atom. The molecule has 7 nitrogen and oxygen atoms in total. The van der Waals surface area contributed by atoms with Gasteiger partial charge in [-0.05, 0) is 97.1 Å². The van der Waals surface area contributed by atoms with Crippen molar-refractivity contribution < 1.29 is 17.7 Å². The Morgan fingerprint density at radius 3 is 1.04 bits per heavy atom. The van der Waals surface area contributed by atoms with Crippen molar-refractivity contribution in [2.45, 2.75) is 0 Å². The molecule has 0 bridgehead atoms. The van der Waals surface area contributed by atoms with Crippen LogP contribution in [-0.4, -0.2) is 4.40 Å². The molecule has 0 spiro atoms. The monoisotopic (exact) mass is 935 g/mol. The molecule has 17 aromatic rings. The van der Waals surface area contributed by atoms with Crippen LogP contribution in [0.1, 0.15) is 0 Å². The van der Waals surface area contributed by atoms with Crippen LogP contribution in [0, 0.1) is 0 Å². The number of benzene rings is 11. The number of nitrogens with zero attached hydrogens (tertiary/aromatic N) is 3. The molecule has 0 aliphatic heterocycles. The van der Waals surface area contributed by atoms with Crippen molar-refractivity contribution in [3.63, 3.8) is 0 Å². The first-order valence-electron chi connectivity index (χ1n) is 24.7. The molecule has 11 aromatic carbocycles. The number of rotatable bonds is 6. The molecule has 0 N–H and O–H groups in total. The van der Waals surface area contributed by atoms with Gasteiger partial charge in [-0.3, -0.25) is 0 Å². The van der Waals surface area contributed by atoms with Gasteiger partial charge in [0.15, 0.2) is 11.2 Å². The highest BCUT2D eigenvalue weighted by atomic mass is 16.3. The Bertz CT molecular complexity index is 4800. The van der Waals surface area contributed by atoms with Crippen molar-refractivity contribution in [1.29, 1.82) is 0 Å². The largest absolute Gasteiger partial charge is 0.456 e. The van der Waals surface area contributed by atoms with Gasteiger partial charge in [0.25, 0.3) is 0 Å². The van der Waals surface area contributed by atoms with Crippen LogP contribution in [0.2, 0.25) is 0 Å². The number of aromatic nitrogens is 1. The van der Waals surface area contributed by atoms with E-state index in [1.54, 1.807) is 0 Å². The molecular formula is C66H37N3O4. The van der Waals surface area contributed by atoms with E-state index in [0.717, 1.165) is 160 Å². The Balaban J connectivity index is 1.06. The molecule has 0 unspecified atom stereocenters. The van der Waals surface area contributed by atoms with Gasteiger partial charge >= 0.3 is 0 Å². The van der Waals surface area contributed by atoms with Crippen LogP contribution in [-0.2, 0) is 0 Å². The van der Waals surface area contributed by atoms with Gasteiger partial charge in [-0.1, -0.05) is 127 Å². The van der Waals surface area contributed by atoms with Crippen molar-refractivity contribution in [3.8, 4) is 0 Å². The summed E-state index contributed by atoms with van der Waals surface area (Å²) in [7, 11) is 0. The smallest absolute Gasteiger partial charge is 0.160 e. The van der Waals surface area contributed by atoms with E-state index in [-0.39, 0.29) is 0 Å². The maximum atomic E-state index is 7.17. The van der Waals surface area contributed by atoms with E-state index in [0.29, 0.717) is 0 Å². The van der Waals surface area contributed by atoms with Gasteiger partial charge in [0.05, 0.1) is 16.9 Å². The standard InChI is InChI=1S/C66H37N3O4/c1-3-16-38(17-4-1)67(40-30-32-58-48(34-40)42-20-7-11-26-54(42)70-58)52-36-50-44-22-9-13-28-56(44)72-65(50)63-60(52)46-24-15-25-47-61-53(37-51-45-23-10-14-29-57(45)73-66(51)64(61)69(63)62(46)47)68(39-18-5-2-6-19-39)41-31-33-59-49(35-41)43-21-8-12-27-55(43)71-59/h1-37H. The van der Waals surface area contributed by atoms with Gasteiger partial charge in [0.1, 0.15) is 44.5 Å². The van der Waals surface area contributed by atoms with Gasteiger partial charge in [-0.15, -0.1) is 0 Å². The summed E-state index contributed by atoms with van der Waals surface area (Å²) in [5.74, 6) is 0. The van der Waals surface area contributed by atoms with Crippen molar-refractivity contribution >= 4 is 160 Å². The predicted octanol–water partition coefficient (Wildman–Crippen LogP) is 19.4. The minimum absolute atomic E-state index is 0.811. The highest BCUT2D eigenvalue weighted by molar-refractivity contribution is 6.36. The first-order chi connectivity index (χ1) is 36.2. The highest BCUT2D eigenvalue weighted by Gasteiger charge is 2.32. The third-order valence-corrected chi connectivity index (χ3v) is 15.2. The quantitative estimate of drug-likeness (QED) is 0.166. The van der Waals surface area contributed by atoms with E-state index in [1.165, 1.54) is 0 Å². The molecule has 0 aliphatic carbocycles. The summed E-state index contributed by atoms with van der Waals surface area (Å²) in [5.41, 5.74) is 15.9. The summed E-state index contributed by atoms with van der Waals surface area (Å²) < 4.78 is 29.6. The summed E-state index contributed by atoms with van der Waals surface area (Å²) in [5, 5.41) is 12.7. The van der Waals surface area contributed by atoms with Gasteiger partial charge in [0.2, 0.25) is 0 Å². The fraction of sp³-hybridized carbons (Fsp3) is 0. The van der Waals surface area contributed by atoms with Crippen molar-refractivity contribution in [2.24, 2.45) is 0 Å². The number of hydrogen-bond donors (Lipinski definition) is 0. The molecule has 0 amide bonds. The average molecular weight is 936 g/mol. The summed E-state index contributed by atoms with van der Waals surface area (Å²) in [6.07, 6.45) is 0. The lowest BCUT2D eigenvalue weighted by atomic mass is 10.0. The lowest BCUT2D eigenvalue weighted by Crippen LogP contribution is -2.10. The molecule has 0 aliphatic rings. The van der Waals surface area contributed by atoms with E-state index < -0.39 is 0 Å². The molecule has 17 rings (SSSR count). The number of anilines is 6. The number of furan rings is 4. The van der Waals surface area contributed by atoms with E-state index in [2.05, 4.69) is 214 Å². The highest BCUT2D eigenvalue weighted by Crippen LogP contribution is 2.55. The van der Waals surface area contributed by atoms with Crippen LogP contribution in [0.25, 0.3) is 126 Å². The van der Waals surface area contributed by atoms with E-state index in [1.807, 2.05) is 24.3 Å². The minimum Gasteiger partial charge on any atom is -0.456 e. The Kier molecular flexibility index (Phi) is 7.61. The molecule has 0 fully saturated rings. The second-order valence-corrected chi connectivity index (χ2v) is 19.1. The van der Waals surface area contributed by atoms with Crippen LogP contribution in [0.4, 0.5) is 34.1 Å². The fourth-order valence-electron chi connectivity index (χ4n) is 12.2. The Labute approximate surface area is 414 Å². The lowest BCUT2D eigenvalue weighted by molar-refractivity contribution is 0.668. The summed E-state index contributed by atoms with van der Waals surface area (Å²) >= 11 is 0. The van der Waals surface area contributed by atoms with Crippen LogP contribution in [0.15, 0.2) is 242 Å². The summed E-state index contributed by atoms with van der Waals surface area (Å²) in [6.45, 7) is 0. The predicted molar refractivity (Wildman–Crippen MR) is 300 cm³/mol. The molecule has 6 heterocycles. The van der Waals surface area contributed by atoms with Crippen molar-refractivity contribution in [3.05, 3.63) is 224 Å². The third kappa shape index (κ3) is 5.26. The fourth-order valence-corrected chi connectivity index (χ4v) is 12.2. The zero-order valence-electron chi connectivity index (χ0n) is 38.8. The molecular weight excluding hydrogens is 899 g/mol. The van der Waals surface area contributed by atoms with Crippen molar-refractivity contribution in [2.75, 3.05) is 9.80 Å². The zero-order chi connectivity index (χ0) is 47.5. The minimum atomic E-state index is 0.811. The van der Waals surface area contributed by atoms with E-state index in [4.69, 9.17) is 17.7 Å².